The van der Waals surface area contributed by atoms with E-state index in [4.69, 9.17) is 0 Å². The molecule has 0 aliphatic heterocycles. The molecule has 4 heteroatoms. The van der Waals surface area contributed by atoms with E-state index in [0.29, 0.717) is 13.1 Å². The number of aliphatic hydroxyl groups is 3. The van der Waals surface area contributed by atoms with Gasteiger partial charge in [-0.3, -0.25) is 4.90 Å². The lowest BCUT2D eigenvalue weighted by atomic mass is 9.96. The Bertz CT molecular complexity index is 469. The summed E-state index contributed by atoms with van der Waals surface area (Å²) < 4.78 is 0. The number of nitrogens with zero attached hydrogens (tertiary/aromatic N) is 1. The van der Waals surface area contributed by atoms with E-state index in [1.54, 1.807) is 0 Å². The highest BCUT2D eigenvalue weighted by Crippen LogP contribution is 2.20. The summed E-state index contributed by atoms with van der Waals surface area (Å²) in [5.74, 6) is 0. The molecule has 2 unspecified atom stereocenters. The molecule has 248 valence electrons. The fraction of sp³-hybridized carbons (Fsp3) is 1.00. The van der Waals surface area contributed by atoms with Crippen LogP contribution in [0.4, 0.5) is 0 Å². The van der Waals surface area contributed by atoms with Gasteiger partial charge in [-0.05, 0) is 19.3 Å². The Kier molecular flexibility index (Phi) is 34.2. The SMILES string of the molecule is CCCCCCCCCCCCCCCCCC(CC(O)CCCCCCCCCCCCC)N(CCO)CCO. The van der Waals surface area contributed by atoms with Crippen LogP contribution in [0, 0.1) is 0 Å². The maximum Gasteiger partial charge on any atom is 0.0558 e. The Morgan fingerprint density at radius 1 is 0.415 bits per heavy atom. The molecule has 2 atom stereocenters. The number of hydrogen-bond donors (Lipinski definition) is 3. The van der Waals surface area contributed by atoms with Gasteiger partial charge in [0.25, 0.3) is 0 Å². The van der Waals surface area contributed by atoms with E-state index in [9.17, 15) is 15.3 Å². The first-order valence-corrected chi connectivity index (χ1v) is 18.8. The summed E-state index contributed by atoms with van der Waals surface area (Å²) in [6.45, 7) is 5.98. The lowest BCUT2D eigenvalue weighted by molar-refractivity contribution is 0.0660. The Balaban J connectivity index is 3.97. The molecule has 4 nitrogen and oxygen atoms in total. The molecule has 0 aliphatic carbocycles. The number of hydrogen-bond acceptors (Lipinski definition) is 4. The highest BCUT2D eigenvalue weighted by atomic mass is 16.3. The topological polar surface area (TPSA) is 63.9 Å². The van der Waals surface area contributed by atoms with Crippen LogP contribution < -0.4 is 0 Å². The van der Waals surface area contributed by atoms with Crippen molar-refractivity contribution in [1.82, 2.24) is 4.90 Å². The predicted molar refractivity (Wildman–Crippen MR) is 181 cm³/mol. The van der Waals surface area contributed by atoms with Gasteiger partial charge in [-0.2, -0.15) is 0 Å². The quantitative estimate of drug-likeness (QED) is 0.0649. The zero-order chi connectivity index (χ0) is 30.1. The smallest absolute Gasteiger partial charge is 0.0558 e. The fourth-order valence-corrected chi connectivity index (χ4v) is 6.41. The summed E-state index contributed by atoms with van der Waals surface area (Å²) >= 11 is 0. The predicted octanol–water partition coefficient (Wildman–Crippen LogP) is 10.4. The van der Waals surface area contributed by atoms with Crippen LogP contribution in [0.3, 0.4) is 0 Å². The van der Waals surface area contributed by atoms with Crippen LogP contribution in [0.2, 0.25) is 0 Å². The van der Waals surface area contributed by atoms with E-state index in [-0.39, 0.29) is 25.4 Å². The molecule has 0 aromatic rings. The van der Waals surface area contributed by atoms with E-state index in [0.717, 1.165) is 25.7 Å². The van der Waals surface area contributed by atoms with Crippen molar-refractivity contribution in [2.45, 2.75) is 212 Å². The van der Waals surface area contributed by atoms with E-state index in [2.05, 4.69) is 18.7 Å². The van der Waals surface area contributed by atoms with E-state index >= 15 is 0 Å². The van der Waals surface area contributed by atoms with Gasteiger partial charge in [-0.25, -0.2) is 0 Å². The van der Waals surface area contributed by atoms with Crippen LogP contribution in [0.25, 0.3) is 0 Å². The first-order valence-electron chi connectivity index (χ1n) is 18.8. The van der Waals surface area contributed by atoms with Crippen molar-refractivity contribution in [1.29, 1.82) is 0 Å². The van der Waals surface area contributed by atoms with E-state index in [1.165, 1.54) is 161 Å². The van der Waals surface area contributed by atoms with Crippen molar-refractivity contribution < 1.29 is 15.3 Å². The van der Waals surface area contributed by atoms with Crippen LogP contribution in [-0.2, 0) is 0 Å². The van der Waals surface area contributed by atoms with E-state index in [1.807, 2.05) is 0 Å². The Morgan fingerprint density at radius 2 is 0.707 bits per heavy atom. The van der Waals surface area contributed by atoms with Crippen molar-refractivity contribution in [2.75, 3.05) is 26.3 Å². The minimum Gasteiger partial charge on any atom is -0.395 e. The molecular weight excluding hydrogens is 506 g/mol. The summed E-state index contributed by atoms with van der Waals surface area (Å²) in [6, 6.07) is 0.263. The zero-order valence-corrected chi connectivity index (χ0v) is 28.3. The third kappa shape index (κ3) is 29.7. The summed E-state index contributed by atoms with van der Waals surface area (Å²) in [5, 5.41) is 30.0. The molecule has 41 heavy (non-hydrogen) atoms. The summed E-state index contributed by atoms with van der Waals surface area (Å²) in [7, 11) is 0. The van der Waals surface area contributed by atoms with Gasteiger partial charge in [0.15, 0.2) is 0 Å². The van der Waals surface area contributed by atoms with Crippen LogP contribution >= 0.6 is 0 Å². The van der Waals surface area contributed by atoms with Crippen molar-refractivity contribution >= 4 is 0 Å². The molecule has 0 bridgehead atoms. The lowest BCUT2D eigenvalue weighted by Gasteiger charge is -2.32. The van der Waals surface area contributed by atoms with Gasteiger partial charge in [-0.1, -0.05) is 181 Å². The fourth-order valence-electron chi connectivity index (χ4n) is 6.41. The molecular formula is C37H77NO3. The van der Waals surface area contributed by atoms with Gasteiger partial charge in [0, 0.05) is 19.1 Å². The number of rotatable bonds is 35. The second-order valence-electron chi connectivity index (χ2n) is 13.1. The van der Waals surface area contributed by atoms with Gasteiger partial charge in [0.05, 0.1) is 19.3 Å². The van der Waals surface area contributed by atoms with Crippen LogP contribution in [0.1, 0.15) is 200 Å². The highest BCUT2D eigenvalue weighted by Gasteiger charge is 2.21. The Labute approximate surface area is 258 Å². The van der Waals surface area contributed by atoms with E-state index < -0.39 is 0 Å². The normalized spacial score (nSPS) is 13.3. The standard InChI is InChI=1S/C37H77NO3/c1-3-5-7-9-11-13-15-16-17-18-20-21-23-25-27-29-36(38(31-33-39)32-34-40)35-37(41)30-28-26-24-22-19-14-12-10-8-6-4-2/h36-37,39-41H,3-35H2,1-2H3. The van der Waals surface area contributed by atoms with Gasteiger partial charge in [0.2, 0.25) is 0 Å². The largest absolute Gasteiger partial charge is 0.395 e. The minimum absolute atomic E-state index is 0.115. The molecule has 0 fully saturated rings. The van der Waals surface area contributed by atoms with Crippen molar-refractivity contribution in [3.8, 4) is 0 Å². The maximum atomic E-state index is 10.8. The Morgan fingerprint density at radius 3 is 1.02 bits per heavy atom. The molecule has 0 saturated carbocycles. The van der Waals surface area contributed by atoms with Crippen molar-refractivity contribution in [3.63, 3.8) is 0 Å². The molecule has 0 spiro atoms. The molecule has 0 amide bonds. The average Bonchev–Trinajstić information content (AvgIpc) is 2.97. The molecule has 0 heterocycles. The second-order valence-corrected chi connectivity index (χ2v) is 13.1. The average molecular weight is 584 g/mol. The van der Waals surface area contributed by atoms with Gasteiger partial charge in [0.1, 0.15) is 0 Å². The monoisotopic (exact) mass is 584 g/mol. The molecule has 0 aromatic carbocycles. The molecule has 0 aliphatic rings. The van der Waals surface area contributed by atoms with Crippen molar-refractivity contribution in [2.24, 2.45) is 0 Å². The van der Waals surface area contributed by atoms with Gasteiger partial charge in [-0.15, -0.1) is 0 Å². The third-order valence-electron chi connectivity index (χ3n) is 9.12. The molecule has 3 N–H and O–H groups in total. The maximum absolute atomic E-state index is 10.8. The summed E-state index contributed by atoms with van der Waals surface area (Å²) in [5.41, 5.74) is 0. The zero-order valence-electron chi connectivity index (χ0n) is 28.3. The Hall–Kier alpha value is -0.160. The summed E-state index contributed by atoms with van der Waals surface area (Å²) in [4.78, 5) is 2.22. The van der Waals surface area contributed by atoms with Crippen molar-refractivity contribution in [3.05, 3.63) is 0 Å². The molecule has 0 saturated heterocycles. The highest BCUT2D eigenvalue weighted by molar-refractivity contribution is 4.76. The number of aliphatic hydroxyl groups excluding tert-OH is 3. The number of unbranched alkanes of at least 4 members (excludes halogenated alkanes) is 24. The van der Waals surface area contributed by atoms with Crippen LogP contribution in [0.5, 0.6) is 0 Å². The minimum atomic E-state index is -0.269. The van der Waals surface area contributed by atoms with Crippen LogP contribution in [0.15, 0.2) is 0 Å². The van der Waals surface area contributed by atoms with Crippen LogP contribution in [-0.4, -0.2) is 58.7 Å². The lowest BCUT2D eigenvalue weighted by Crippen LogP contribution is -2.41. The molecule has 0 radical (unpaired) electrons. The molecule has 0 rings (SSSR count). The first-order chi connectivity index (χ1) is 20.2. The first kappa shape index (κ1) is 40.8. The van der Waals surface area contributed by atoms with Gasteiger partial charge < -0.3 is 15.3 Å². The molecule has 0 aromatic heterocycles. The van der Waals surface area contributed by atoms with Gasteiger partial charge >= 0.3 is 0 Å². The summed E-state index contributed by atoms with van der Waals surface area (Å²) in [6.07, 6.45) is 37.7. The second kappa shape index (κ2) is 34.3. The third-order valence-corrected chi connectivity index (χ3v) is 9.12.